The monoisotopic (exact) mass is 313 g/mol. The average Bonchev–Trinajstić information content (AvgIpc) is 2.97. The van der Waals surface area contributed by atoms with E-state index in [2.05, 4.69) is 36.5 Å². The van der Waals surface area contributed by atoms with Crippen LogP contribution in [0.2, 0.25) is 0 Å². The van der Waals surface area contributed by atoms with Gasteiger partial charge in [-0.3, -0.25) is 4.68 Å². The number of hydrogen-bond donors (Lipinski definition) is 1. The second-order valence-corrected chi connectivity index (χ2v) is 6.02. The van der Waals surface area contributed by atoms with E-state index in [1.165, 1.54) is 11.1 Å². The molecule has 1 aromatic carbocycles. The molecule has 3 rings (SSSR count). The second kappa shape index (κ2) is 6.87. The maximum absolute atomic E-state index is 5.83. The smallest absolute Gasteiger partial charge is 0.130 e. The lowest BCUT2D eigenvalue weighted by molar-refractivity contribution is 0.335. The maximum atomic E-state index is 5.83. The SMILES string of the molecule is COc1ccc2c(c1)OCC(CN[C@H](C)Cn1cc(C)cn1)=C2. The molecule has 2 aromatic rings. The number of hydrogen-bond acceptors (Lipinski definition) is 4. The van der Waals surface area contributed by atoms with Crippen LogP contribution in [0, 0.1) is 6.92 Å². The third kappa shape index (κ3) is 3.93. The van der Waals surface area contributed by atoms with Crippen LogP contribution in [0.3, 0.4) is 0 Å². The lowest BCUT2D eigenvalue weighted by atomic mass is 10.1. The molecule has 122 valence electrons. The van der Waals surface area contributed by atoms with Crippen molar-refractivity contribution in [1.82, 2.24) is 15.1 Å². The quantitative estimate of drug-likeness (QED) is 0.891. The summed E-state index contributed by atoms with van der Waals surface area (Å²) in [5.41, 5.74) is 3.53. The van der Waals surface area contributed by atoms with Gasteiger partial charge in [0.1, 0.15) is 18.1 Å². The summed E-state index contributed by atoms with van der Waals surface area (Å²) in [6.45, 7) is 6.50. The van der Waals surface area contributed by atoms with Gasteiger partial charge in [0.2, 0.25) is 0 Å². The number of aromatic nitrogens is 2. The van der Waals surface area contributed by atoms with Crippen LogP contribution in [0.25, 0.3) is 6.08 Å². The fourth-order valence-electron chi connectivity index (χ4n) is 2.64. The minimum absolute atomic E-state index is 0.340. The second-order valence-electron chi connectivity index (χ2n) is 6.02. The first kappa shape index (κ1) is 15.6. The number of nitrogens with zero attached hydrogens (tertiary/aromatic N) is 2. The Labute approximate surface area is 136 Å². The largest absolute Gasteiger partial charge is 0.497 e. The molecule has 5 nitrogen and oxygen atoms in total. The molecule has 1 N–H and O–H groups in total. The van der Waals surface area contributed by atoms with Crippen molar-refractivity contribution in [2.24, 2.45) is 0 Å². The number of ether oxygens (including phenoxy) is 2. The van der Waals surface area contributed by atoms with Gasteiger partial charge in [-0.2, -0.15) is 5.10 Å². The Morgan fingerprint density at radius 3 is 3.04 bits per heavy atom. The summed E-state index contributed by atoms with van der Waals surface area (Å²) >= 11 is 0. The Hall–Kier alpha value is -2.27. The van der Waals surface area contributed by atoms with Gasteiger partial charge in [0.25, 0.3) is 0 Å². The zero-order chi connectivity index (χ0) is 16.2. The average molecular weight is 313 g/mol. The Bertz CT molecular complexity index is 706. The molecule has 0 fully saturated rings. The molecule has 0 aliphatic carbocycles. The van der Waals surface area contributed by atoms with E-state index in [-0.39, 0.29) is 0 Å². The van der Waals surface area contributed by atoms with E-state index in [4.69, 9.17) is 9.47 Å². The van der Waals surface area contributed by atoms with Crippen molar-refractivity contribution in [3.63, 3.8) is 0 Å². The van der Waals surface area contributed by atoms with Crippen LogP contribution < -0.4 is 14.8 Å². The Morgan fingerprint density at radius 1 is 1.43 bits per heavy atom. The van der Waals surface area contributed by atoms with Gasteiger partial charge in [0.15, 0.2) is 0 Å². The van der Waals surface area contributed by atoms with Crippen LogP contribution in [-0.4, -0.2) is 36.1 Å². The van der Waals surface area contributed by atoms with Gasteiger partial charge < -0.3 is 14.8 Å². The molecule has 5 heteroatoms. The minimum Gasteiger partial charge on any atom is -0.497 e. The molecule has 1 atom stereocenters. The van der Waals surface area contributed by atoms with E-state index < -0.39 is 0 Å². The summed E-state index contributed by atoms with van der Waals surface area (Å²) in [5, 5.41) is 7.85. The number of fused-ring (bicyclic) bond motifs is 1. The Morgan fingerprint density at radius 2 is 2.30 bits per heavy atom. The molecule has 0 saturated carbocycles. The normalized spacial score (nSPS) is 14.7. The molecule has 0 spiro atoms. The van der Waals surface area contributed by atoms with Gasteiger partial charge in [-0.15, -0.1) is 0 Å². The number of rotatable bonds is 6. The van der Waals surface area contributed by atoms with Crippen LogP contribution >= 0.6 is 0 Å². The van der Waals surface area contributed by atoms with Crippen LogP contribution in [0.4, 0.5) is 0 Å². The summed E-state index contributed by atoms with van der Waals surface area (Å²) < 4.78 is 13.0. The first-order valence-electron chi connectivity index (χ1n) is 7.87. The Balaban J connectivity index is 1.56. The molecule has 0 saturated heterocycles. The fourth-order valence-corrected chi connectivity index (χ4v) is 2.64. The molecular formula is C18H23N3O2. The third-order valence-electron chi connectivity index (χ3n) is 3.89. The van der Waals surface area contributed by atoms with Gasteiger partial charge in [-0.1, -0.05) is 0 Å². The van der Waals surface area contributed by atoms with Crippen molar-refractivity contribution < 1.29 is 9.47 Å². The van der Waals surface area contributed by atoms with E-state index in [0.717, 1.165) is 30.2 Å². The van der Waals surface area contributed by atoms with E-state index in [1.807, 2.05) is 29.1 Å². The molecule has 1 aromatic heterocycles. The maximum Gasteiger partial charge on any atom is 0.130 e. The van der Waals surface area contributed by atoms with Gasteiger partial charge in [-0.25, -0.2) is 0 Å². The standard InChI is InChI=1S/C18H23N3O2/c1-13-8-20-21(10-13)11-14(2)19-9-15-6-16-4-5-17(22-3)7-18(16)23-12-15/h4-8,10,14,19H,9,11-12H2,1-3H3/t14-/m1/s1. The van der Waals surface area contributed by atoms with Crippen LogP contribution in [0.1, 0.15) is 18.1 Å². The zero-order valence-corrected chi connectivity index (χ0v) is 13.9. The van der Waals surface area contributed by atoms with Crippen molar-refractivity contribution >= 4 is 6.08 Å². The van der Waals surface area contributed by atoms with Gasteiger partial charge in [-0.05, 0) is 43.2 Å². The van der Waals surface area contributed by atoms with Crippen LogP contribution in [0.5, 0.6) is 11.5 Å². The fraction of sp³-hybridized carbons (Fsp3) is 0.389. The highest BCUT2D eigenvalue weighted by molar-refractivity contribution is 5.63. The number of benzene rings is 1. The molecule has 1 aliphatic heterocycles. The summed E-state index contributed by atoms with van der Waals surface area (Å²) in [5.74, 6) is 1.70. The number of nitrogens with one attached hydrogen (secondary N) is 1. The molecule has 0 amide bonds. The van der Waals surface area contributed by atoms with E-state index in [0.29, 0.717) is 12.6 Å². The molecular weight excluding hydrogens is 290 g/mol. The van der Waals surface area contributed by atoms with Crippen molar-refractivity contribution in [3.05, 3.63) is 47.3 Å². The highest BCUT2D eigenvalue weighted by Crippen LogP contribution is 2.30. The summed E-state index contributed by atoms with van der Waals surface area (Å²) in [6, 6.07) is 6.26. The van der Waals surface area contributed by atoms with Crippen LogP contribution in [0.15, 0.2) is 36.2 Å². The predicted octanol–water partition coefficient (Wildman–Crippen LogP) is 2.65. The van der Waals surface area contributed by atoms with Crippen LogP contribution in [-0.2, 0) is 6.54 Å². The summed E-state index contributed by atoms with van der Waals surface area (Å²) in [7, 11) is 1.66. The third-order valence-corrected chi connectivity index (χ3v) is 3.89. The van der Waals surface area contributed by atoms with E-state index in [1.54, 1.807) is 7.11 Å². The number of methoxy groups -OCH3 is 1. The lowest BCUT2D eigenvalue weighted by Gasteiger charge is -2.21. The molecule has 0 unspecified atom stereocenters. The topological polar surface area (TPSA) is 48.3 Å². The van der Waals surface area contributed by atoms with Gasteiger partial charge in [0.05, 0.1) is 19.9 Å². The first-order valence-corrected chi connectivity index (χ1v) is 7.87. The Kier molecular flexibility index (Phi) is 4.67. The van der Waals surface area contributed by atoms with Gasteiger partial charge >= 0.3 is 0 Å². The highest BCUT2D eigenvalue weighted by Gasteiger charge is 2.13. The van der Waals surface area contributed by atoms with E-state index in [9.17, 15) is 0 Å². The van der Waals surface area contributed by atoms with Crippen molar-refractivity contribution in [1.29, 1.82) is 0 Å². The van der Waals surface area contributed by atoms with Gasteiger partial charge in [0, 0.05) is 30.4 Å². The first-order chi connectivity index (χ1) is 11.1. The van der Waals surface area contributed by atoms with Crippen molar-refractivity contribution in [3.8, 4) is 11.5 Å². The van der Waals surface area contributed by atoms with E-state index >= 15 is 0 Å². The molecule has 23 heavy (non-hydrogen) atoms. The zero-order valence-electron chi connectivity index (χ0n) is 13.9. The highest BCUT2D eigenvalue weighted by atomic mass is 16.5. The molecule has 2 heterocycles. The molecule has 1 aliphatic rings. The minimum atomic E-state index is 0.340. The predicted molar refractivity (Wildman–Crippen MR) is 90.9 cm³/mol. The number of aryl methyl sites for hydroxylation is 1. The molecule has 0 radical (unpaired) electrons. The molecule has 0 bridgehead atoms. The lowest BCUT2D eigenvalue weighted by Crippen LogP contribution is -2.33. The summed E-state index contributed by atoms with van der Waals surface area (Å²) in [4.78, 5) is 0. The summed E-state index contributed by atoms with van der Waals surface area (Å²) in [6.07, 6.45) is 6.14. The van der Waals surface area contributed by atoms with Crippen molar-refractivity contribution in [2.75, 3.05) is 20.3 Å². The van der Waals surface area contributed by atoms with Crippen molar-refractivity contribution in [2.45, 2.75) is 26.4 Å².